The van der Waals surface area contributed by atoms with Gasteiger partial charge in [-0.25, -0.2) is 12.5 Å². The van der Waals surface area contributed by atoms with Crippen LogP contribution in [0.3, 0.4) is 0 Å². The first-order valence-electron chi connectivity index (χ1n) is 4.93. The molecule has 0 aliphatic heterocycles. The number of nitrogens with one attached hydrogen (secondary N) is 1. The fourth-order valence-electron chi connectivity index (χ4n) is 1.13. The topological polar surface area (TPSA) is 29.1 Å². The fraction of sp³-hybridized carbons (Fsp3) is 0.364. The quantitative estimate of drug-likeness (QED) is 0.413. The third-order valence-corrected chi connectivity index (χ3v) is 1.67. The Labute approximate surface area is 128 Å². The van der Waals surface area contributed by atoms with E-state index < -0.39 is 0 Å². The average Bonchev–Trinajstić information content (AvgIpc) is 2.20. The second-order valence-corrected chi connectivity index (χ2v) is 3.41. The Balaban J connectivity index is 0. The van der Waals surface area contributed by atoms with E-state index >= 15 is 0 Å². The zero-order chi connectivity index (χ0) is 11.7. The molecule has 5 heteroatoms. The molecule has 2 nitrogen and oxygen atoms in total. The maximum atomic E-state index is 11.1. The van der Waals surface area contributed by atoms with Crippen LogP contribution < -0.4 is 5.32 Å². The number of hydrogen-bond donors (Lipinski definition) is 2. The van der Waals surface area contributed by atoms with Crippen LogP contribution in [-0.2, 0) is 0 Å². The van der Waals surface area contributed by atoms with Crippen molar-refractivity contribution in [3.8, 4) is 0 Å². The molecule has 1 aromatic carbocycles. The van der Waals surface area contributed by atoms with Crippen molar-refractivity contribution in [1.29, 1.82) is 0 Å². The molecular formula is C11H17BNOSU. The van der Waals surface area contributed by atoms with Crippen LogP contribution in [0.25, 0.3) is 0 Å². The molecule has 0 bridgehead atoms. The number of ketones is 1. The maximum absolute atomic E-state index is 11.1. The summed E-state index contributed by atoms with van der Waals surface area (Å²) in [5.74, 6) is 0.103. The normalized spacial score (nSPS) is 8.00. The van der Waals surface area contributed by atoms with Gasteiger partial charge in [0.2, 0.25) is 0 Å². The molecule has 16 heavy (non-hydrogen) atoms. The fourth-order valence-corrected chi connectivity index (χ4v) is 1.13. The van der Waals surface area contributed by atoms with Crippen molar-refractivity contribution >= 4 is 30.5 Å². The summed E-state index contributed by atoms with van der Waals surface area (Å²) in [4.78, 5) is 11.1. The summed E-state index contributed by atoms with van der Waals surface area (Å²) < 4.78 is 0. The van der Waals surface area contributed by atoms with Gasteiger partial charge >= 0.3 is 0 Å². The molecule has 0 saturated carbocycles. The number of carbonyl (C=O) groups excluding carboxylic acids is 1. The van der Waals surface area contributed by atoms with Crippen LogP contribution in [0.5, 0.6) is 0 Å². The summed E-state index contributed by atoms with van der Waals surface area (Å²) >= 11 is 3.66. The van der Waals surface area contributed by atoms with Gasteiger partial charge in [0, 0.05) is 48.9 Å². The van der Waals surface area contributed by atoms with Crippen LogP contribution in [0, 0.1) is 31.1 Å². The van der Waals surface area contributed by atoms with Gasteiger partial charge in [-0.1, -0.05) is 19.0 Å². The Hall–Kier alpha value is 0.157. The first kappa shape index (κ1) is 18.5. The van der Waals surface area contributed by atoms with Crippen LogP contribution in [0.1, 0.15) is 24.2 Å². The molecule has 0 heterocycles. The van der Waals surface area contributed by atoms with E-state index in [9.17, 15) is 4.79 Å². The van der Waals surface area contributed by atoms with Crippen molar-refractivity contribution in [2.75, 3.05) is 11.9 Å². The van der Waals surface area contributed by atoms with Crippen molar-refractivity contribution in [3.05, 3.63) is 29.8 Å². The molecule has 1 aromatic rings. The monoisotopic (exact) mass is 460 g/mol. The minimum atomic E-state index is 0. The van der Waals surface area contributed by atoms with Gasteiger partial charge in [0.1, 0.15) is 0 Å². The number of benzene rings is 1. The first-order valence-corrected chi connectivity index (χ1v) is 5.44. The van der Waals surface area contributed by atoms with Crippen LogP contribution in [-0.4, -0.2) is 18.9 Å². The predicted octanol–water partition coefficient (Wildman–Crippen LogP) is 2.90. The Bertz CT molecular complexity index is 310. The van der Waals surface area contributed by atoms with Gasteiger partial charge in [-0.3, -0.25) is 4.79 Å². The van der Waals surface area contributed by atoms with Gasteiger partial charge in [-0.05, 0) is 26.0 Å². The first-order chi connectivity index (χ1) is 7.17. The zero-order valence-electron chi connectivity index (χ0n) is 9.95. The van der Waals surface area contributed by atoms with E-state index in [2.05, 4.69) is 17.8 Å². The number of carbonyl (C=O) groups is 1. The molecule has 0 aliphatic carbocycles. The van der Waals surface area contributed by atoms with Gasteiger partial charge in [-0.15, -0.1) is 0 Å². The molecule has 1 rings (SSSR count). The molecule has 0 saturated heterocycles. The third kappa shape index (κ3) is 7.43. The molecule has 1 N–H and O–H groups in total. The minimum Gasteiger partial charge on any atom is -0.385 e. The van der Waals surface area contributed by atoms with E-state index in [-0.39, 0.29) is 36.9 Å². The number of Topliss-reactive ketones (excluding diaryl/α,β-unsaturated/α-hetero) is 1. The van der Waals surface area contributed by atoms with Crippen LogP contribution in [0.4, 0.5) is 5.69 Å². The van der Waals surface area contributed by atoms with Crippen molar-refractivity contribution in [3.63, 3.8) is 0 Å². The average molecular weight is 460 g/mol. The van der Waals surface area contributed by atoms with E-state index in [4.69, 9.17) is 0 Å². The number of hydrogen-bond acceptors (Lipinski definition) is 3. The van der Waals surface area contributed by atoms with Gasteiger partial charge in [0.05, 0.1) is 0 Å². The van der Waals surface area contributed by atoms with Crippen LogP contribution in [0.15, 0.2) is 24.3 Å². The summed E-state index contributed by atoms with van der Waals surface area (Å²) in [5.41, 5.74) is 1.69. The van der Waals surface area contributed by atoms with E-state index in [1.165, 1.54) is 0 Å². The molecular weight excluding hydrogens is 443 g/mol. The standard InChI is InChI=1S/C10H13NO.CH4BS.U/c1-3-11-10-7-5-4-6-9(10)8(2)12;1-2-3;/h4-7,11H,3H2,1-2H3;3H,1H3;. The summed E-state index contributed by atoms with van der Waals surface area (Å²) in [5, 5.41) is 3.14. The Morgan fingerprint density at radius 3 is 2.38 bits per heavy atom. The second-order valence-electron chi connectivity index (χ2n) is 2.89. The zero-order valence-corrected chi connectivity index (χ0v) is 15.0. The van der Waals surface area contributed by atoms with Gasteiger partial charge in [0.25, 0.3) is 0 Å². The molecule has 85 valence electrons. The number of anilines is 1. The Kier molecular flexibility index (Phi) is 13.5. The van der Waals surface area contributed by atoms with Gasteiger partial charge in [0.15, 0.2) is 12.3 Å². The van der Waals surface area contributed by atoms with Crippen molar-refractivity contribution < 1.29 is 35.9 Å². The summed E-state index contributed by atoms with van der Waals surface area (Å²) in [6, 6.07) is 7.54. The minimum absolute atomic E-state index is 0. The summed E-state index contributed by atoms with van der Waals surface area (Å²) in [6.07, 6.45) is 0. The smallest absolute Gasteiger partial charge is 0.183 e. The molecule has 0 spiro atoms. The number of rotatable bonds is 3. The van der Waals surface area contributed by atoms with E-state index in [0.29, 0.717) is 0 Å². The second kappa shape index (κ2) is 11.6. The molecule has 0 fully saturated rings. The largest absolute Gasteiger partial charge is 0.385 e. The SMILES string of the molecule is CCNc1ccccc1C(C)=O.C[B]S.[U]. The van der Waals surface area contributed by atoms with Crippen molar-refractivity contribution in [1.82, 2.24) is 0 Å². The molecule has 0 aliphatic rings. The number of para-hydroxylation sites is 1. The molecule has 0 aromatic heterocycles. The molecule has 0 unspecified atom stereocenters. The van der Waals surface area contributed by atoms with E-state index in [1.54, 1.807) is 13.5 Å². The summed E-state index contributed by atoms with van der Waals surface area (Å²) in [6.45, 7) is 7.99. The molecule has 1 radical (unpaired) electrons. The van der Waals surface area contributed by atoms with E-state index in [0.717, 1.165) is 17.8 Å². The van der Waals surface area contributed by atoms with Crippen molar-refractivity contribution in [2.24, 2.45) is 0 Å². The predicted molar refractivity (Wildman–Crippen MR) is 71.2 cm³/mol. The summed E-state index contributed by atoms with van der Waals surface area (Å²) in [7, 11) is 0. The van der Waals surface area contributed by atoms with Crippen LogP contribution >= 0.6 is 12.5 Å². The molecule has 0 atom stereocenters. The van der Waals surface area contributed by atoms with E-state index in [1.807, 2.05) is 38.0 Å². The Morgan fingerprint density at radius 1 is 1.44 bits per heavy atom. The number of thiol groups is 1. The maximum Gasteiger partial charge on any atom is 0.183 e. The molecule has 0 amide bonds. The third-order valence-electron chi connectivity index (χ3n) is 1.67. The van der Waals surface area contributed by atoms with Gasteiger partial charge in [-0.2, -0.15) is 0 Å². The van der Waals surface area contributed by atoms with Crippen LogP contribution in [0.2, 0.25) is 6.82 Å². The van der Waals surface area contributed by atoms with Gasteiger partial charge < -0.3 is 5.32 Å². The van der Waals surface area contributed by atoms with Crippen molar-refractivity contribution in [2.45, 2.75) is 20.7 Å². The Morgan fingerprint density at radius 2 is 1.94 bits per heavy atom.